The lowest BCUT2D eigenvalue weighted by Crippen LogP contribution is -2.25. The molecule has 1 nitrogen and oxygen atoms in total. The number of hydrogen-bond acceptors (Lipinski definition) is 1. The van der Waals surface area contributed by atoms with Gasteiger partial charge in [0, 0.05) is 0 Å². The van der Waals surface area contributed by atoms with Crippen molar-refractivity contribution in [3.8, 4) is 0 Å². The second kappa shape index (κ2) is 4.07. The predicted octanol–water partition coefficient (Wildman–Crippen LogP) is 1.50. The van der Waals surface area contributed by atoms with Crippen molar-refractivity contribution in [3.05, 3.63) is 0 Å². The molecule has 0 saturated carbocycles. The van der Waals surface area contributed by atoms with E-state index in [4.69, 9.17) is 0 Å². The molecule has 1 aliphatic heterocycles. The van der Waals surface area contributed by atoms with Crippen LogP contribution in [0.1, 0.15) is 26.2 Å². The van der Waals surface area contributed by atoms with Gasteiger partial charge in [0.05, 0.1) is 0 Å². The number of unbranched alkanes of at least 4 members (excludes halogenated alkanes) is 1. The zero-order valence-electron chi connectivity index (χ0n) is 6.32. The molecule has 0 aliphatic carbocycles. The summed E-state index contributed by atoms with van der Waals surface area (Å²) in [5.74, 6) is 0. The van der Waals surface area contributed by atoms with Crippen LogP contribution in [0.4, 0.5) is 0 Å². The molecule has 0 spiro atoms. The molecule has 1 saturated heterocycles. The molecule has 0 aromatic heterocycles. The second-order valence-electron chi connectivity index (χ2n) is 2.94. The lowest BCUT2D eigenvalue weighted by atomic mass is 10.4. The van der Waals surface area contributed by atoms with E-state index in [1.165, 1.54) is 31.9 Å². The Hall–Kier alpha value is 0.177. The molecule has 1 fully saturated rings. The van der Waals surface area contributed by atoms with Gasteiger partial charge in [-0.15, -0.1) is 0 Å². The average molecular weight is 143 g/mol. The molecule has 0 radical (unpaired) electrons. The second-order valence-corrected chi connectivity index (χ2v) is 5.89. The van der Waals surface area contributed by atoms with E-state index < -0.39 is 0 Å². The molecule has 1 rings (SSSR count). The van der Waals surface area contributed by atoms with E-state index in [1.54, 1.807) is 6.04 Å². The Balaban J connectivity index is 1.98. The van der Waals surface area contributed by atoms with Gasteiger partial charge in [0.15, 0.2) is 0 Å². The SMILES string of the molecule is CCCC[SiH]1CCCN1. The first-order valence-electron chi connectivity index (χ1n) is 4.17. The molecular weight excluding hydrogens is 126 g/mol. The van der Waals surface area contributed by atoms with Gasteiger partial charge in [-0.25, -0.2) is 0 Å². The maximum Gasteiger partial charge on any atom is 0.108 e. The minimum absolute atomic E-state index is 0.349. The fourth-order valence-electron chi connectivity index (χ4n) is 1.45. The van der Waals surface area contributed by atoms with Crippen molar-refractivity contribution in [1.82, 2.24) is 4.98 Å². The minimum Gasteiger partial charge on any atom is -0.339 e. The Labute approximate surface area is 59.5 Å². The maximum absolute atomic E-state index is 3.63. The van der Waals surface area contributed by atoms with Gasteiger partial charge in [-0.1, -0.05) is 19.8 Å². The Morgan fingerprint density at radius 1 is 1.56 bits per heavy atom. The fourth-order valence-corrected chi connectivity index (χ4v) is 4.36. The van der Waals surface area contributed by atoms with Crippen LogP contribution in [0.25, 0.3) is 0 Å². The van der Waals surface area contributed by atoms with E-state index in [-0.39, 0.29) is 8.96 Å². The van der Waals surface area contributed by atoms with Crippen LogP contribution in [0, 0.1) is 0 Å². The first kappa shape index (κ1) is 7.29. The van der Waals surface area contributed by atoms with E-state index in [9.17, 15) is 0 Å². The fraction of sp³-hybridized carbons (Fsp3) is 1.00. The highest BCUT2D eigenvalue weighted by Gasteiger charge is 2.13. The van der Waals surface area contributed by atoms with E-state index >= 15 is 0 Å². The molecule has 0 aromatic rings. The summed E-state index contributed by atoms with van der Waals surface area (Å²) >= 11 is 0. The van der Waals surface area contributed by atoms with Crippen LogP contribution in [0.5, 0.6) is 0 Å². The van der Waals surface area contributed by atoms with Crippen molar-refractivity contribution >= 4 is 8.96 Å². The van der Waals surface area contributed by atoms with Crippen molar-refractivity contribution in [2.45, 2.75) is 38.3 Å². The minimum atomic E-state index is -0.349. The highest BCUT2D eigenvalue weighted by atomic mass is 28.3. The topological polar surface area (TPSA) is 12.0 Å². The van der Waals surface area contributed by atoms with Gasteiger partial charge >= 0.3 is 0 Å². The largest absolute Gasteiger partial charge is 0.339 e. The van der Waals surface area contributed by atoms with Crippen molar-refractivity contribution in [1.29, 1.82) is 0 Å². The summed E-state index contributed by atoms with van der Waals surface area (Å²) < 4.78 is 0. The van der Waals surface area contributed by atoms with Gasteiger partial charge in [-0.05, 0) is 25.1 Å². The lowest BCUT2D eigenvalue weighted by molar-refractivity contribution is 0.864. The number of hydrogen-bond donors (Lipinski definition) is 1. The molecule has 1 N–H and O–H groups in total. The quantitative estimate of drug-likeness (QED) is 0.590. The third-order valence-electron chi connectivity index (χ3n) is 2.07. The summed E-state index contributed by atoms with van der Waals surface area (Å²) in [7, 11) is -0.349. The van der Waals surface area contributed by atoms with E-state index in [0.29, 0.717) is 0 Å². The van der Waals surface area contributed by atoms with Crippen LogP contribution < -0.4 is 4.98 Å². The first-order valence-corrected chi connectivity index (χ1v) is 6.38. The third-order valence-corrected chi connectivity index (χ3v) is 5.14. The van der Waals surface area contributed by atoms with Gasteiger partial charge in [0.25, 0.3) is 0 Å². The van der Waals surface area contributed by atoms with E-state index in [1.807, 2.05) is 0 Å². The highest BCUT2D eigenvalue weighted by Crippen LogP contribution is 2.09. The summed E-state index contributed by atoms with van der Waals surface area (Å²) in [5.41, 5.74) is 0. The molecule has 0 bridgehead atoms. The van der Waals surface area contributed by atoms with E-state index in [2.05, 4.69) is 11.9 Å². The summed E-state index contributed by atoms with van der Waals surface area (Å²) in [6.07, 6.45) is 4.30. The van der Waals surface area contributed by atoms with Crippen molar-refractivity contribution in [2.75, 3.05) is 6.54 Å². The monoisotopic (exact) mass is 143 g/mol. The van der Waals surface area contributed by atoms with Crippen molar-refractivity contribution in [2.24, 2.45) is 0 Å². The average Bonchev–Trinajstić information content (AvgIpc) is 2.34. The molecule has 2 heteroatoms. The van der Waals surface area contributed by atoms with Gasteiger partial charge in [-0.3, -0.25) is 0 Å². The van der Waals surface area contributed by atoms with Crippen LogP contribution >= 0.6 is 0 Å². The third kappa shape index (κ3) is 2.50. The van der Waals surface area contributed by atoms with Crippen LogP contribution in [-0.2, 0) is 0 Å². The summed E-state index contributed by atoms with van der Waals surface area (Å²) in [6, 6.07) is 3.09. The lowest BCUT2D eigenvalue weighted by Gasteiger charge is -2.04. The van der Waals surface area contributed by atoms with Gasteiger partial charge in [0.1, 0.15) is 8.96 Å². The van der Waals surface area contributed by atoms with Gasteiger partial charge in [-0.2, -0.15) is 0 Å². The smallest absolute Gasteiger partial charge is 0.108 e. The van der Waals surface area contributed by atoms with Gasteiger partial charge in [0.2, 0.25) is 0 Å². The molecular formula is C7H17NSi. The standard InChI is InChI=1S/C7H17NSi/c1-2-3-6-9-7-4-5-8-9/h8-9H,2-7H2,1H3. The molecule has 1 heterocycles. The molecule has 0 amide bonds. The molecule has 9 heavy (non-hydrogen) atoms. The molecule has 0 aromatic carbocycles. The zero-order valence-corrected chi connectivity index (χ0v) is 7.47. The summed E-state index contributed by atoms with van der Waals surface area (Å²) in [4.78, 5) is 3.63. The van der Waals surface area contributed by atoms with Crippen LogP contribution in [-0.4, -0.2) is 15.5 Å². The van der Waals surface area contributed by atoms with Crippen LogP contribution in [0.15, 0.2) is 0 Å². The maximum atomic E-state index is 3.63. The number of rotatable bonds is 3. The van der Waals surface area contributed by atoms with Crippen LogP contribution in [0.3, 0.4) is 0 Å². The molecule has 1 unspecified atom stereocenters. The van der Waals surface area contributed by atoms with Crippen molar-refractivity contribution < 1.29 is 0 Å². The molecule has 1 aliphatic rings. The van der Waals surface area contributed by atoms with Crippen molar-refractivity contribution in [3.63, 3.8) is 0 Å². The van der Waals surface area contributed by atoms with E-state index in [0.717, 1.165) is 0 Å². The summed E-state index contributed by atoms with van der Waals surface area (Å²) in [6.45, 7) is 3.60. The number of nitrogens with one attached hydrogen (secondary N) is 1. The van der Waals surface area contributed by atoms with Crippen LogP contribution in [0.2, 0.25) is 12.1 Å². The highest BCUT2D eigenvalue weighted by molar-refractivity contribution is 6.56. The summed E-state index contributed by atoms with van der Waals surface area (Å²) in [5, 5.41) is 0. The Morgan fingerprint density at radius 2 is 2.44 bits per heavy atom. The Kier molecular flexibility index (Phi) is 3.29. The molecule has 1 atom stereocenters. The normalized spacial score (nSPS) is 27.0. The zero-order chi connectivity index (χ0) is 6.53. The van der Waals surface area contributed by atoms with Gasteiger partial charge < -0.3 is 4.98 Å². The predicted molar refractivity (Wildman–Crippen MR) is 44.3 cm³/mol. The molecule has 54 valence electrons. The Morgan fingerprint density at radius 3 is 3.00 bits per heavy atom. The Bertz CT molecular complexity index is 69.3. The first-order chi connectivity index (χ1) is 4.43.